The van der Waals surface area contributed by atoms with Gasteiger partial charge in [-0.2, -0.15) is 0 Å². The highest BCUT2D eigenvalue weighted by molar-refractivity contribution is 5.88. The van der Waals surface area contributed by atoms with Crippen LogP contribution < -0.4 is 10.1 Å². The Morgan fingerprint density at radius 3 is 2.88 bits per heavy atom. The average Bonchev–Trinajstić information content (AvgIpc) is 2.62. The monoisotopic (exact) mass is 318 g/mol. The molecule has 0 aliphatic heterocycles. The average molecular weight is 318 g/mol. The number of rotatable bonds is 3. The van der Waals surface area contributed by atoms with E-state index in [2.05, 4.69) is 48.6 Å². The molecule has 1 N–H and O–H groups in total. The number of hydrogen-bond acceptors (Lipinski definition) is 3. The first kappa shape index (κ1) is 15.0. The van der Waals surface area contributed by atoms with Gasteiger partial charge in [-0.05, 0) is 55.0 Å². The molecular formula is C21H22N2O. The molecule has 0 saturated carbocycles. The molecule has 1 aromatic heterocycles. The van der Waals surface area contributed by atoms with E-state index in [-0.39, 0.29) is 0 Å². The Morgan fingerprint density at radius 1 is 1.12 bits per heavy atom. The number of aryl methyl sites for hydroxylation is 2. The van der Waals surface area contributed by atoms with E-state index < -0.39 is 0 Å². The SMILES string of the molecule is COc1cccc2c(C)cc(NC3CCCc4ccccc43)nc12. The van der Waals surface area contributed by atoms with Crippen LogP contribution in [-0.2, 0) is 6.42 Å². The van der Waals surface area contributed by atoms with Crippen LogP contribution >= 0.6 is 0 Å². The number of aromatic nitrogens is 1. The highest BCUT2D eigenvalue weighted by atomic mass is 16.5. The summed E-state index contributed by atoms with van der Waals surface area (Å²) in [5.74, 6) is 1.74. The number of methoxy groups -OCH3 is 1. The summed E-state index contributed by atoms with van der Waals surface area (Å²) in [7, 11) is 1.70. The molecule has 122 valence electrons. The minimum absolute atomic E-state index is 0.328. The van der Waals surface area contributed by atoms with Crippen LogP contribution in [0.4, 0.5) is 5.82 Å². The van der Waals surface area contributed by atoms with E-state index in [1.807, 2.05) is 12.1 Å². The Balaban J connectivity index is 1.73. The van der Waals surface area contributed by atoms with Crippen molar-refractivity contribution in [3.8, 4) is 5.75 Å². The number of fused-ring (bicyclic) bond motifs is 2. The predicted molar refractivity (Wildman–Crippen MR) is 98.8 cm³/mol. The Morgan fingerprint density at radius 2 is 2.00 bits per heavy atom. The molecule has 4 rings (SSSR count). The smallest absolute Gasteiger partial charge is 0.145 e. The third-order valence-corrected chi connectivity index (χ3v) is 4.92. The van der Waals surface area contributed by atoms with Gasteiger partial charge in [-0.3, -0.25) is 0 Å². The standard InChI is InChI=1S/C21H22N2O/c1-14-13-20(23-21-16(14)10-6-12-19(21)24-2)22-18-11-5-8-15-7-3-4-9-17(15)18/h3-4,6-7,9-10,12-13,18H,5,8,11H2,1-2H3,(H,22,23). The Kier molecular flexibility index (Phi) is 3.85. The van der Waals surface area contributed by atoms with Crippen molar-refractivity contribution in [2.45, 2.75) is 32.2 Å². The number of anilines is 1. The van der Waals surface area contributed by atoms with Crippen molar-refractivity contribution < 1.29 is 4.74 Å². The van der Waals surface area contributed by atoms with Crippen LogP contribution in [0.3, 0.4) is 0 Å². The molecule has 1 unspecified atom stereocenters. The summed E-state index contributed by atoms with van der Waals surface area (Å²) in [6.07, 6.45) is 3.53. The Labute approximate surface area is 142 Å². The van der Waals surface area contributed by atoms with Gasteiger partial charge in [0.1, 0.15) is 17.1 Å². The van der Waals surface area contributed by atoms with E-state index in [0.29, 0.717) is 6.04 Å². The number of ether oxygens (including phenoxy) is 1. The molecule has 3 heteroatoms. The summed E-state index contributed by atoms with van der Waals surface area (Å²) in [4.78, 5) is 4.84. The zero-order chi connectivity index (χ0) is 16.5. The molecule has 1 heterocycles. The molecule has 1 atom stereocenters. The van der Waals surface area contributed by atoms with Crippen LogP contribution in [0.2, 0.25) is 0 Å². The van der Waals surface area contributed by atoms with Crippen molar-refractivity contribution in [3.63, 3.8) is 0 Å². The second kappa shape index (κ2) is 6.16. The van der Waals surface area contributed by atoms with Gasteiger partial charge < -0.3 is 10.1 Å². The number of para-hydroxylation sites is 1. The Bertz CT molecular complexity index is 888. The zero-order valence-electron chi connectivity index (χ0n) is 14.2. The third-order valence-electron chi connectivity index (χ3n) is 4.92. The van der Waals surface area contributed by atoms with Gasteiger partial charge in [0.25, 0.3) is 0 Å². The number of nitrogens with zero attached hydrogens (tertiary/aromatic N) is 1. The second-order valence-corrected chi connectivity index (χ2v) is 6.47. The van der Waals surface area contributed by atoms with Crippen molar-refractivity contribution >= 4 is 16.7 Å². The maximum Gasteiger partial charge on any atom is 0.145 e. The molecule has 0 radical (unpaired) electrons. The molecule has 0 amide bonds. The molecule has 24 heavy (non-hydrogen) atoms. The molecule has 1 aliphatic rings. The molecule has 0 saturated heterocycles. The summed E-state index contributed by atoms with van der Waals surface area (Å²) in [6, 6.07) is 17.3. The minimum Gasteiger partial charge on any atom is -0.494 e. The summed E-state index contributed by atoms with van der Waals surface area (Å²) < 4.78 is 5.49. The van der Waals surface area contributed by atoms with E-state index in [0.717, 1.165) is 28.9 Å². The van der Waals surface area contributed by atoms with E-state index in [1.54, 1.807) is 7.11 Å². The normalized spacial score (nSPS) is 16.7. The molecule has 2 aromatic carbocycles. The lowest BCUT2D eigenvalue weighted by Gasteiger charge is -2.27. The van der Waals surface area contributed by atoms with Gasteiger partial charge in [0, 0.05) is 5.39 Å². The van der Waals surface area contributed by atoms with Crippen LogP contribution in [0.1, 0.15) is 35.6 Å². The van der Waals surface area contributed by atoms with Crippen molar-refractivity contribution in [2.24, 2.45) is 0 Å². The predicted octanol–water partition coefficient (Wildman–Crippen LogP) is 5.04. The summed E-state index contributed by atoms with van der Waals surface area (Å²) in [6.45, 7) is 2.13. The first-order valence-corrected chi connectivity index (χ1v) is 8.55. The van der Waals surface area contributed by atoms with Gasteiger partial charge >= 0.3 is 0 Å². The minimum atomic E-state index is 0.328. The number of nitrogens with one attached hydrogen (secondary N) is 1. The summed E-state index contributed by atoms with van der Waals surface area (Å²) in [5, 5.41) is 4.80. The molecule has 3 nitrogen and oxygen atoms in total. The number of hydrogen-bond donors (Lipinski definition) is 1. The summed E-state index contributed by atoms with van der Waals surface area (Å²) >= 11 is 0. The quantitative estimate of drug-likeness (QED) is 0.734. The number of pyridine rings is 1. The van der Waals surface area contributed by atoms with E-state index in [9.17, 15) is 0 Å². The first-order chi connectivity index (χ1) is 11.8. The molecule has 3 aromatic rings. The van der Waals surface area contributed by atoms with Crippen molar-refractivity contribution in [1.82, 2.24) is 4.98 Å². The fourth-order valence-electron chi connectivity index (χ4n) is 3.71. The largest absolute Gasteiger partial charge is 0.494 e. The topological polar surface area (TPSA) is 34.1 Å². The van der Waals surface area contributed by atoms with E-state index in [4.69, 9.17) is 9.72 Å². The van der Waals surface area contributed by atoms with Crippen molar-refractivity contribution in [1.29, 1.82) is 0 Å². The van der Waals surface area contributed by atoms with Gasteiger partial charge in [-0.1, -0.05) is 36.4 Å². The van der Waals surface area contributed by atoms with Gasteiger partial charge in [0.15, 0.2) is 0 Å². The van der Waals surface area contributed by atoms with Crippen LogP contribution in [0.15, 0.2) is 48.5 Å². The van der Waals surface area contributed by atoms with Crippen LogP contribution in [0.25, 0.3) is 10.9 Å². The van der Waals surface area contributed by atoms with Gasteiger partial charge in [-0.15, -0.1) is 0 Å². The second-order valence-electron chi connectivity index (χ2n) is 6.47. The van der Waals surface area contributed by atoms with E-state index in [1.165, 1.54) is 29.5 Å². The van der Waals surface area contributed by atoms with Crippen molar-refractivity contribution in [2.75, 3.05) is 12.4 Å². The van der Waals surface area contributed by atoms with Crippen LogP contribution in [0.5, 0.6) is 5.75 Å². The molecular weight excluding hydrogens is 296 g/mol. The maximum atomic E-state index is 5.49. The third kappa shape index (κ3) is 2.60. The van der Waals surface area contributed by atoms with Gasteiger partial charge in [0.05, 0.1) is 13.2 Å². The van der Waals surface area contributed by atoms with Gasteiger partial charge in [-0.25, -0.2) is 4.98 Å². The van der Waals surface area contributed by atoms with Gasteiger partial charge in [0.2, 0.25) is 0 Å². The molecule has 0 bridgehead atoms. The molecule has 1 aliphatic carbocycles. The molecule has 0 fully saturated rings. The zero-order valence-corrected chi connectivity index (χ0v) is 14.2. The first-order valence-electron chi connectivity index (χ1n) is 8.55. The van der Waals surface area contributed by atoms with Crippen LogP contribution in [0, 0.1) is 6.92 Å². The lowest BCUT2D eigenvalue weighted by Crippen LogP contribution is -2.18. The number of benzene rings is 2. The highest BCUT2D eigenvalue weighted by Gasteiger charge is 2.20. The van der Waals surface area contributed by atoms with E-state index >= 15 is 0 Å². The fourth-order valence-corrected chi connectivity index (χ4v) is 3.71. The highest BCUT2D eigenvalue weighted by Crippen LogP contribution is 2.34. The van der Waals surface area contributed by atoms with Crippen molar-refractivity contribution in [3.05, 3.63) is 65.2 Å². The summed E-state index contributed by atoms with van der Waals surface area (Å²) in [5.41, 5.74) is 5.00. The lowest BCUT2D eigenvalue weighted by atomic mass is 9.88. The lowest BCUT2D eigenvalue weighted by molar-refractivity contribution is 0.419. The Hall–Kier alpha value is -2.55. The van der Waals surface area contributed by atoms with Crippen LogP contribution in [-0.4, -0.2) is 12.1 Å². The fraction of sp³-hybridized carbons (Fsp3) is 0.286. The molecule has 0 spiro atoms. The maximum absolute atomic E-state index is 5.49.